The first-order chi connectivity index (χ1) is 14.1. The van der Waals surface area contributed by atoms with Gasteiger partial charge in [0.1, 0.15) is 5.82 Å². The van der Waals surface area contributed by atoms with E-state index in [1.54, 1.807) is 36.9 Å². The van der Waals surface area contributed by atoms with Crippen LogP contribution in [0.3, 0.4) is 0 Å². The molecule has 4 nitrogen and oxygen atoms in total. The van der Waals surface area contributed by atoms with Crippen molar-refractivity contribution >= 4 is 17.6 Å². The second kappa shape index (κ2) is 11.3. The van der Waals surface area contributed by atoms with E-state index in [0.29, 0.717) is 17.9 Å². The molecule has 2 aromatic carbocycles. The molecular weight excluding hydrogens is 558 g/mol. The Morgan fingerprint density at radius 2 is 2.00 bits per heavy atom. The van der Waals surface area contributed by atoms with Crippen LogP contribution in [-0.2, 0) is 21.1 Å². The molecule has 6 heteroatoms. The number of benzene rings is 2. The molecule has 1 aromatic heterocycles. The molecule has 30 heavy (non-hydrogen) atoms. The molecule has 0 saturated heterocycles. The van der Waals surface area contributed by atoms with Crippen LogP contribution in [0.2, 0.25) is 0 Å². The minimum atomic E-state index is -0.301. The molecule has 1 heterocycles. The number of hydrogen-bond donors (Lipinski definition) is 0. The number of rotatable bonds is 7. The van der Waals surface area contributed by atoms with E-state index in [4.69, 9.17) is 0 Å². The van der Waals surface area contributed by atoms with E-state index in [1.807, 2.05) is 36.9 Å². The summed E-state index contributed by atoms with van der Waals surface area (Å²) in [6.07, 6.45) is 9.98. The maximum atomic E-state index is 13.5. The van der Waals surface area contributed by atoms with Gasteiger partial charge in [-0.1, -0.05) is 6.92 Å². The Balaban J connectivity index is 0.00000320. The topological polar surface area (TPSA) is 41.4 Å². The standard InChI is InChI=1S/C24H21FN4.Pt/c1-4-26-16-18(2)14-19(3)29(22-10-8-21(25)9-11-22)23-7-5-6-20(15-23)24-17-27-12-13-28-24;/h4-13,17H,3,16H2,1-2H3;/q-2;+2. The molecule has 0 N–H and O–H groups in total. The van der Waals surface area contributed by atoms with Gasteiger partial charge in [-0.15, -0.1) is 41.1 Å². The summed E-state index contributed by atoms with van der Waals surface area (Å²) in [5.74, 6) is -0.301. The summed E-state index contributed by atoms with van der Waals surface area (Å²) in [6.45, 7) is 8.54. The van der Waals surface area contributed by atoms with Crippen molar-refractivity contribution in [2.45, 2.75) is 13.8 Å². The van der Waals surface area contributed by atoms with E-state index in [-0.39, 0.29) is 26.9 Å². The molecule has 0 bridgehead atoms. The van der Waals surface area contributed by atoms with Crippen LogP contribution in [0.1, 0.15) is 13.8 Å². The van der Waals surface area contributed by atoms with Crippen LogP contribution < -0.4 is 4.90 Å². The van der Waals surface area contributed by atoms with Gasteiger partial charge < -0.3 is 9.88 Å². The van der Waals surface area contributed by atoms with E-state index in [2.05, 4.69) is 33.7 Å². The molecule has 0 atom stereocenters. The van der Waals surface area contributed by atoms with Gasteiger partial charge in [-0.2, -0.15) is 0 Å². The van der Waals surface area contributed by atoms with Gasteiger partial charge in [0.05, 0.1) is 0 Å². The first-order valence-electron chi connectivity index (χ1n) is 9.15. The van der Waals surface area contributed by atoms with Crippen LogP contribution in [0.5, 0.6) is 0 Å². The summed E-state index contributed by atoms with van der Waals surface area (Å²) >= 11 is 0. The van der Waals surface area contributed by atoms with Gasteiger partial charge >= 0.3 is 21.1 Å². The number of anilines is 2. The maximum absolute atomic E-state index is 13.5. The Morgan fingerprint density at radius 3 is 2.67 bits per heavy atom. The largest absolute Gasteiger partial charge is 2.00 e. The van der Waals surface area contributed by atoms with Gasteiger partial charge in [0.25, 0.3) is 0 Å². The van der Waals surface area contributed by atoms with Crippen LogP contribution in [0.4, 0.5) is 15.8 Å². The third-order valence-corrected chi connectivity index (χ3v) is 4.08. The van der Waals surface area contributed by atoms with Gasteiger partial charge in [0.15, 0.2) is 0 Å². The van der Waals surface area contributed by atoms with Crippen molar-refractivity contribution in [3.8, 4) is 11.3 Å². The van der Waals surface area contributed by atoms with Gasteiger partial charge in [-0.05, 0) is 43.1 Å². The Morgan fingerprint density at radius 1 is 1.23 bits per heavy atom. The minimum Gasteiger partial charge on any atom is -0.364 e. The van der Waals surface area contributed by atoms with E-state index in [1.165, 1.54) is 12.1 Å². The van der Waals surface area contributed by atoms with Crippen molar-refractivity contribution < 1.29 is 25.5 Å². The van der Waals surface area contributed by atoms with Crippen LogP contribution in [0.15, 0.2) is 83.9 Å². The molecule has 0 unspecified atom stereocenters. The first kappa shape index (κ1) is 23.4. The average molecular weight is 580 g/mol. The summed E-state index contributed by atoms with van der Waals surface area (Å²) in [4.78, 5) is 14.6. The Bertz CT molecular complexity index is 1030. The smallest absolute Gasteiger partial charge is 0.364 e. The molecule has 0 aliphatic heterocycles. The van der Waals surface area contributed by atoms with Gasteiger partial charge in [-0.3, -0.25) is 9.98 Å². The average Bonchev–Trinajstić information content (AvgIpc) is 2.74. The van der Waals surface area contributed by atoms with Crippen LogP contribution >= 0.6 is 0 Å². The molecule has 0 saturated carbocycles. The van der Waals surface area contributed by atoms with Crippen molar-refractivity contribution in [2.75, 3.05) is 11.4 Å². The maximum Gasteiger partial charge on any atom is 2.00 e. The molecule has 0 radical (unpaired) electrons. The summed E-state index contributed by atoms with van der Waals surface area (Å²) in [5, 5.41) is 0. The van der Waals surface area contributed by atoms with E-state index < -0.39 is 0 Å². The SMILES string of the molecule is C=C([C-]=C(C)CN=CC)N(c1[c-]c(-c2cnccn2)ccc1)c1ccc(F)cc1.[Pt+2]. The molecule has 3 rings (SSSR count). The summed E-state index contributed by atoms with van der Waals surface area (Å²) in [7, 11) is 0. The van der Waals surface area contributed by atoms with E-state index in [9.17, 15) is 4.39 Å². The molecule has 0 amide bonds. The molecular formula is C24H21FN4Pt. The number of halogens is 1. The Hall–Kier alpha value is -2.91. The van der Waals surface area contributed by atoms with Gasteiger partial charge in [0.2, 0.25) is 0 Å². The fraction of sp³-hybridized carbons (Fsp3) is 0.125. The van der Waals surface area contributed by atoms with Crippen molar-refractivity contribution in [2.24, 2.45) is 4.99 Å². The van der Waals surface area contributed by atoms with Gasteiger partial charge in [0, 0.05) is 36.5 Å². The molecule has 154 valence electrons. The molecule has 0 aliphatic rings. The van der Waals surface area contributed by atoms with E-state index >= 15 is 0 Å². The quantitative estimate of drug-likeness (QED) is 0.209. The number of nitrogens with zero attached hydrogens (tertiary/aromatic N) is 4. The minimum absolute atomic E-state index is 0. The zero-order valence-electron chi connectivity index (χ0n) is 16.7. The zero-order chi connectivity index (χ0) is 20.6. The molecule has 0 aliphatic carbocycles. The second-order valence-corrected chi connectivity index (χ2v) is 6.30. The summed E-state index contributed by atoms with van der Waals surface area (Å²) < 4.78 is 13.5. The van der Waals surface area contributed by atoms with Crippen molar-refractivity contribution in [3.05, 3.63) is 96.9 Å². The van der Waals surface area contributed by atoms with E-state index in [0.717, 1.165) is 22.5 Å². The third-order valence-electron chi connectivity index (χ3n) is 4.08. The van der Waals surface area contributed by atoms with Crippen LogP contribution in [-0.4, -0.2) is 22.7 Å². The third kappa shape index (κ3) is 6.04. The number of hydrogen-bond acceptors (Lipinski definition) is 4. The van der Waals surface area contributed by atoms with Crippen molar-refractivity contribution in [1.29, 1.82) is 0 Å². The predicted molar refractivity (Wildman–Crippen MR) is 115 cm³/mol. The zero-order valence-corrected chi connectivity index (χ0v) is 19.0. The fourth-order valence-electron chi connectivity index (χ4n) is 2.78. The number of aliphatic imine (C=N–C) groups is 1. The first-order valence-corrected chi connectivity index (χ1v) is 9.15. The number of allylic oxidation sites excluding steroid dienone is 1. The fourth-order valence-corrected chi connectivity index (χ4v) is 2.78. The number of aromatic nitrogens is 2. The van der Waals surface area contributed by atoms with Crippen molar-refractivity contribution in [1.82, 2.24) is 9.97 Å². The predicted octanol–water partition coefficient (Wildman–Crippen LogP) is 5.57. The normalized spacial score (nSPS) is 11.2. The monoisotopic (exact) mass is 579 g/mol. The Kier molecular flexibility index (Phi) is 8.82. The van der Waals surface area contributed by atoms with Crippen LogP contribution in [0, 0.1) is 18.0 Å². The summed E-state index contributed by atoms with van der Waals surface area (Å²) in [6, 6.07) is 15.3. The Labute approximate surface area is 191 Å². The molecule has 0 fully saturated rings. The van der Waals surface area contributed by atoms with Crippen LogP contribution in [0.25, 0.3) is 11.3 Å². The molecule has 3 aromatic rings. The molecule has 0 spiro atoms. The second-order valence-electron chi connectivity index (χ2n) is 6.30. The summed E-state index contributed by atoms with van der Waals surface area (Å²) in [5.41, 5.74) is 4.55. The van der Waals surface area contributed by atoms with Gasteiger partial charge in [-0.25, -0.2) is 17.0 Å². The van der Waals surface area contributed by atoms with Crippen molar-refractivity contribution in [3.63, 3.8) is 0 Å².